The maximum Gasteiger partial charge on any atom is 0.251 e. The van der Waals surface area contributed by atoms with Gasteiger partial charge in [-0.3, -0.25) is 4.79 Å². The fraction of sp³-hybridized carbons (Fsp3) is 0.235. The van der Waals surface area contributed by atoms with E-state index in [-0.39, 0.29) is 16.6 Å². The molecule has 2 aromatic rings. The zero-order chi connectivity index (χ0) is 16.4. The molecule has 120 valence electrons. The Labute approximate surface area is 138 Å². The molecule has 1 amide bonds. The molecule has 0 unspecified atom stereocenters. The lowest BCUT2D eigenvalue weighted by Crippen LogP contribution is -2.37. The normalized spacial score (nSPS) is 17.3. The van der Waals surface area contributed by atoms with Gasteiger partial charge in [0.25, 0.3) is 5.91 Å². The van der Waals surface area contributed by atoms with Crippen LogP contribution in [-0.4, -0.2) is 30.1 Å². The number of nitrogens with zero attached hydrogens (tertiary/aromatic N) is 1. The van der Waals surface area contributed by atoms with Crippen LogP contribution in [0.1, 0.15) is 16.8 Å². The van der Waals surface area contributed by atoms with E-state index >= 15 is 0 Å². The number of hydrogen-bond donors (Lipinski definition) is 2. The fourth-order valence-corrected chi connectivity index (χ4v) is 2.92. The monoisotopic (exact) mass is 334 g/mol. The molecule has 6 heteroatoms. The van der Waals surface area contributed by atoms with Crippen molar-refractivity contribution in [3.63, 3.8) is 0 Å². The quantitative estimate of drug-likeness (QED) is 0.906. The van der Waals surface area contributed by atoms with Gasteiger partial charge < -0.3 is 15.3 Å². The second-order valence-electron chi connectivity index (χ2n) is 5.53. The van der Waals surface area contributed by atoms with Gasteiger partial charge in [0.05, 0.1) is 5.02 Å². The van der Waals surface area contributed by atoms with Gasteiger partial charge in [-0.25, -0.2) is 4.39 Å². The zero-order valence-electron chi connectivity index (χ0n) is 12.3. The molecule has 1 atom stereocenters. The van der Waals surface area contributed by atoms with Gasteiger partial charge in [-0.15, -0.1) is 0 Å². The van der Waals surface area contributed by atoms with Crippen molar-refractivity contribution in [2.75, 3.05) is 18.0 Å². The molecule has 0 aliphatic carbocycles. The predicted octanol–water partition coefficient (Wildman–Crippen LogP) is 3.19. The SMILES string of the molecule is O=C(N[C@@H]1CCN(c2ccccc2)C1)c1cc(F)c(O)c(Cl)c1. The Balaban J connectivity index is 1.65. The van der Waals surface area contributed by atoms with E-state index in [0.29, 0.717) is 6.54 Å². The van der Waals surface area contributed by atoms with Crippen LogP contribution in [-0.2, 0) is 0 Å². The maximum absolute atomic E-state index is 13.5. The van der Waals surface area contributed by atoms with E-state index in [1.54, 1.807) is 0 Å². The summed E-state index contributed by atoms with van der Waals surface area (Å²) in [6.45, 7) is 1.55. The number of aromatic hydroxyl groups is 1. The molecule has 0 spiro atoms. The minimum absolute atomic E-state index is 0.0154. The van der Waals surface area contributed by atoms with Crippen molar-refractivity contribution < 1.29 is 14.3 Å². The van der Waals surface area contributed by atoms with Gasteiger partial charge in [0.2, 0.25) is 0 Å². The average Bonchev–Trinajstić information content (AvgIpc) is 3.01. The van der Waals surface area contributed by atoms with Crippen molar-refractivity contribution in [2.45, 2.75) is 12.5 Å². The molecule has 0 bridgehead atoms. The standard InChI is InChI=1S/C17H16ClFN2O2/c18-14-8-11(9-15(19)16(14)22)17(23)20-12-6-7-21(10-12)13-4-2-1-3-5-13/h1-5,8-9,12,22H,6-7,10H2,(H,20,23)/t12-/m1/s1. The summed E-state index contributed by atoms with van der Waals surface area (Å²) < 4.78 is 13.5. The Morgan fingerprint density at radius 1 is 1.30 bits per heavy atom. The second-order valence-corrected chi connectivity index (χ2v) is 5.94. The van der Waals surface area contributed by atoms with Crippen LogP contribution in [0.3, 0.4) is 0 Å². The van der Waals surface area contributed by atoms with Crippen LogP contribution >= 0.6 is 11.6 Å². The predicted molar refractivity (Wildman–Crippen MR) is 87.6 cm³/mol. The van der Waals surface area contributed by atoms with Crippen molar-refractivity contribution >= 4 is 23.2 Å². The molecule has 1 aliphatic rings. The summed E-state index contributed by atoms with van der Waals surface area (Å²) in [5.74, 6) is -1.94. The van der Waals surface area contributed by atoms with Crippen molar-refractivity contribution in [1.29, 1.82) is 0 Å². The number of benzene rings is 2. The number of anilines is 1. The lowest BCUT2D eigenvalue weighted by Gasteiger charge is -2.19. The Hall–Kier alpha value is -2.27. The summed E-state index contributed by atoms with van der Waals surface area (Å²) in [6.07, 6.45) is 0.814. The largest absolute Gasteiger partial charge is 0.504 e. The highest BCUT2D eigenvalue weighted by Crippen LogP contribution is 2.28. The minimum atomic E-state index is -0.903. The van der Waals surface area contributed by atoms with Gasteiger partial charge in [0, 0.05) is 30.4 Å². The van der Waals surface area contributed by atoms with Gasteiger partial charge in [-0.1, -0.05) is 29.8 Å². The summed E-state index contributed by atoms with van der Waals surface area (Å²) in [7, 11) is 0. The number of nitrogens with one attached hydrogen (secondary N) is 1. The molecule has 2 aromatic carbocycles. The number of halogens is 2. The first kappa shape index (κ1) is 15.6. The van der Waals surface area contributed by atoms with Crippen LogP contribution in [0.2, 0.25) is 5.02 Å². The first-order valence-electron chi connectivity index (χ1n) is 7.33. The van der Waals surface area contributed by atoms with E-state index in [0.717, 1.165) is 24.7 Å². The molecule has 3 rings (SSSR count). The van der Waals surface area contributed by atoms with Gasteiger partial charge >= 0.3 is 0 Å². The van der Waals surface area contributed by atoms with E-state index in [9.17, 15) is 14.3 Å². The number of hydrogen-bond acceptors (Lipinski definition) is 3. The van der Waals surface area contributed by atoms with Crippen LogP contribution in [0, 0.1) is 5.82 Å². The molecule has 4 nitrogen and oxygen atoms in total. The first-order chi connectivity index (χ1) is 11.0. The topological polar surface area (TPSA) is 52.6 Å². The van der Waals surface area contributed by atoms with Gasteiger partial charge in [-0.2, -0.15) is 0 Å². The van der Waals surface area contributed by atoms with Crippen molar-refractivity contribution in [2.24, 2.45) is 0 Å². The number of amides is 1. The summed E-state index contributed by atoms with van der Waals surface area (Å²) in [4.78, 5) is 14.4. The molecule has 1 heterocycles. The highest BCUT2D eigenvalue weighted by molar-refractivity contribution is 6.32. The minimum Gasteiger partial charge on any atom is -0.504 e. The molecule has 1 aliphatic heterocycles. The number of carbonyl (C=O) groups excluding carboxylic acids is 1. The first-order valence-corrected chi connectivity index (χ1v) is 7.71. The van der Waals surface area contributed by atoms with Gasteiger partial charge in [0.15, 0.2) is 11.6 Å². The molecule has 1 fully saturated rings. The number of para-hydroxylation sites is 1. The zero-order valence-corrected chi connectivity index (χ0v) is 13.1. The molecule has 0 radical (unpaired) electrons. The van der Waals surface area contributed by atoms with Crippen LogP contribution in [0.5, 0.6) is 5.75 Å². The molecule has 2 N–H and O–H groups in total. The Morgan fingerprint density at radius 2 is 2.04 bits per heavy atom. The van der Waals surface area contributed by atoms with E-state index in [2.05, 4.69) is 10.2 Å². The van der Waals surface area contributed by atoms with Crippen LogP contribution in [0.25, 0.3) is 0 Å². The van der Waals surface area contributed by atoms with Crippen molar-refractivity contribution in [1.82, 2.24) is 5.32 Å². The van der Waals surface area contributed by atoms with Crippen LogP contribution in [0.4, 0.5) is 10.1 Å². The Bertz CT molecular complexity index is 701. The van der Waals surface area contributed by atoms with E-state index in [1.807, 2.05) is 30.3 Å². The van der Waals surface area contributed by atoms with Gasteiger partial charge in [0.1, 0.15) is 0 Å². The lowest BCUT2D eigenvalue weighted by molar-refractivity contribution is 0.0940. The fourth-order valence-electron chi connectivity index (χ4n) is 2.72. The van der Waals surface area contributed by atoms with E-state index in [4.69, 9.17) is 11.6 Å². The third-order valence-electron chi connectivity index (χ3n) is 3.92. The Kier molecular flexibility index (Phi) is 4.39. The molecular formula is C17H16ClFN2O2. The Morgan fingerprint density at radius 3 is 2.74 bits per heavy atom. The summed E-state index contributed by atoms with van der Waals surface area (Å²) in [5.41, 5.74) is 1.21. The van der Waals surface area contributed by atoms with Crippen molar-refractivity contribution in [3.05, 3.63) is 58.9 Å². The summed E-state index contributed by atoms with van der Waals surface area (Å²) in [6, 6.07) is 12.2. The lowest BCUT2D eigenvalue weighted by atomic mass is 10.1. The highest BCUT2D eigenvalue weighted by Gasteiger charge is 2.25. The maximum atomic E-state index is 13.5. The number of carbonyl (C=O) groups is 1. The molecule has 23 heavy (non-hydrogen) atoms. The molecular weight excluding hydrogens is 319 g/mol. The number of phenols is 1. The smallest absolute Gasteiger partial charge is 0.251 e. The summed E-state index contributed by atoms with van der Waals surface area (Å²) >= 11 is 5.70. The average molecular weight is 335 g/mol. The van der Waals surface area contributed by atoms with E-state index < -0.39 is 17.5 Å². The molecule has 1 saturated heterocycles. The van der Waals surface area contributed by atoms with Crippen molar-refractivity contribution in [3.8, 4) is 5.75 Å². The van der Waals surface area contributed by atoms with Crippen LogP contribution in [0.15, 0.2) is 42.5 Å². The van der Waals surface area contributed by atoms with Gasteiger partial charge in [-0.05, 0) is 30.7 Å². The molecule has 0 saturated carbocycles. The second kappa shape index (κ2) is 6.46. The molecule has 0 aromatic heterocycles. The number of phenolic OH excluding ortho intramolecular Hbond substituents is 1. The third kappa shape index (κ3) is 3.40. The number of rotatable bonds is 3. The van der Waals surface area contributed by atoms with E-state index in [1.165, 1.54) is 6.07 Å². The third-order valence-corrected chi connectivity index (χ3v) is 4.21. The highest BCUT2D eigenvalue weighted by atomic mass is 35.5. The van der Waals surface area contributed by atoms with Crippen LogP contribution < -0.4 is 10.2 Å². The summed E-state index contributed by atoms with van der Waals surface area (Å²) in [5, 5.41) is 12.0.